The van der Waals surface area contributed by atoms with Gasteiger partial charge in [-0.25, -0.2) is 9.97 Å². The number of nitrogens with one attached hydrogen (secondary N) is 1. The molecule has 6 nitrogen and oxygen atoms in total. The normalized spacial score (nSPS) is 20.1. The molecule has 6 heteroatoms. The summed E-state index contributed by atoms with van der Waals surface area (Å²) in [5, 5.41) is 12.5. The minimum atomic E-state index is -0.0914. The maximum atomic E-state index is 9.17. The molecular weight excluding hydrogens is 256 g/mol. The molecule has 1 aromatic heterocycles. The van der Waals surface area contributed by atoms with Crippen LogP contribution in [0.2, 0.25) is 0 Å². The predicted octanol–water partition coefficient (Wildman–Crippen LogP) is 0.800. The Morgan fingerprint density at radius 1 is 1.50 bits per heavy atom. The number of aliphatic hydroxyl groups excluding tert-OH is 1. The molecule has 1 aromatic rings. The standard InChI is InChI=1S/C14H24N4O2/c1-3-4-15-13-7-11(2)16-14(17-13)9-18-5-6-20-12(8-18)10-19/h7,12,19H,3-6,8-10H2,1-2H3,(H,15,16,17). The average molecular weight is 280 g/mol. The van der Waals surface area contributed by atoms with Crippen LogP contribution in [0, 0.1) is 6.92 Å². The van der Waals surface area contributed by atoms with Crippen molar-refractivity contribution in [3.63, 3.8) is 0 Å². The second kappa shape index (κ2) is 7.52. The van der Waals surface area contributed by atoms with Crippen molar-refractivity contribution in [2.24, 2.45) is 0 Å². The monoisotopic (exact) mass is 280 g/mol. The summed E-state index contributed by atoms with van der Waals surface area (Å²) < 4.78 is 5.45. The Kier molecular flexibility index (Phi) is 5.70. The van der Waals surface area contributed by atoms with Crippen LogP contribution in [0.15, 0.2) is 6.07 Å². The largest absolute Gasteiger partial charge is 0.394 e. The number of nitrogens with zero attached hydrogens (tertiary/aromatic N) is 3. The lowest BCUT2D eigenvalue weighted by Gasteiger charge is -2.31. The summed E-state index contributed by atoms with van der Waals surface area (Å²) in [6, 6.07) is 1.97. The summed E-state index contributed by atoms with van der Waals surface area (Å²) in [6.07, 6.45) is 0.978. The quantitative estimate of drug-likeness (QED) is 0.803. The maximum absolute atomic E-state index is 9.17. The van der Waals surface area contributed by atoms with Crippen LogP contribution in [0.1, 0.15) is 24.9 Å². The van der Waals surface area contributed by atoms with E-state index in [0.717, 1.165) is 43.4 Å². The van der Waals surface area contributed by atoms with Crippen molar-refractivity contribution in [2.75, 3.05) is 38.2 Å². The van der Waals surface area contributed by atoms with Crippen molar-refractivity contribution in [3.8, 4) is 0 Å². The molecule has 0 saturated carbocycles. The summed E-state index contributed by atoms with van der Waals surface area (Å²) in [7, 11) is 0. The van der Waals surface area contributed by atoms with Gasteiger partial charge in [-0.1, -0.05) is 6.92 Å². The molecule has 112 valence electrons. The number of rotatable bonds is 6. The highest BCUT2D eigenvalue weighted by molar-refractivity contribution is 5.35. The molecule has 0 amide bonds. The zero-order chi connectivity index (χ0) is 14.4. The maximum Gasteiger partial charge on any atom is 0.144 e. The third-order valence-electron chi connectivity index (χ3n) is 3.25. The second-order valence-electron chi connectivity index (χ2n) is 5.15. The SMILES string of the molecule is CCCNc1cc(C)nc(CN2CCOC(CO)C2)n1. The fraction of sp³-hybridized carbons (Fsp3) is 0.714. The van der Waals surface area contributed by atoms with Gasteiger partial charge in [-0.3, -0.25) is 4.90 Å². The van der Waals surface area contributed by atoms with Crippen molar-refractivity contribution in [3.05, 3.63) is 17.6 Å². The molecule has 0 radical (unpaired) electrons. The van der Waals surface area contributed by atoms with E-state index in [0.29, 0.717) is 13.2 Å². The van der Waals surface area contributed by atoms with Crippen LogP contribution in [0.3, 0.4) is 0 Å². The lowest BCUT2D eigenvalue weighted by Crippen LogP contribution is -2.43. The van der Waals surface area contributed by atoms with Gasteiger partial charge in [-0.2, -0.15) is 0 Å². The Balaban J connectivity index is 1.99. The van der Waals surface area contributed by atoms with Crippen LogP contribution in [-0.2, 0) is 11.3 Å². The first-order chi connectivity index (χ1) is 9.71. The number of hydrogen-bond acceptors (Lipinski definition) is 6. The van der Waals surface area contributed by atoms with Crippen LogP contribution >= 0.6 is 0 Å². The zero-order valence-electron chi connectivity index (χ0n) is 12.3. The molecule has 0 aromatic carbocycles. The Bertz CT molecular complexity index is 428. The molecule has 1 unspecified atom stereocenters. The van der Waals surface area contributed by atoms with Crippen molar-refractivity contribution in [1.82, 2.24) is 14.9 Å². The van der Waals surface area contributed by atoms with Gasteiger partial charge in [0.05, 0.1) is 25.9 Å². The Hall–Kier alpha value is -1.24. The lowest BCUT2D eigenvalue weighted by atomic mass is 10.3. The molecule has 20 heavy (non-hydrogen) atoms. The molecule has 2 heterocycles. The molecule has 0 spiro atoms. The summed E-state index contributed by atoms with van der Waals surface area (Å²) in [6.45, 7) is 8.02. The first kappa shape index (κ1) is 15.2. The van der Waals surface area contributed by atoms with Gasteiger partial charge in [-0.05, 0) is 13.3 Å². The highest BCUT2D eigenvalue weighted by Gasteiger charge is 2.20. The minimum absolute atomic E-state index is 0.0640. The van der Waals surface area contributed by atoms with Gasteiger partial charge in [0.25, 0.3) is 0 Å². The first-order valence-corrected chi connectivity index (χ1v) is 7.24. The fourth-order valence-corrected chi connectivity index (χ4v) is 2.28. The summed E-state index contributed by atoms with van der Waals surface area (Å²) in [4.78, 5) is 11.3. The van der Waals surface area contributed by atoms with E-state index in [2.05, 4.69) is 27.1 Å². The number of morpholine rings is 1. The molecule has 1 atom stereocenters. The topological polar surface area (TPSA) is 70.5 Å². The summed E-state index contributed by atoms with van der Waals surface area (Å²) in [5.41, 5.74) is 0.973. The van der Waals surface area contributed by atoms with E-state index >= 15 is 0 Å². The van der Waals surface area contributed by atoms with Crippen LogP contribution < -0.4 is 5.32 Å². The van der Waals surface area contributed by atoms with E-state index in [1.165, 1.54) is 0 Å². The molecule has 0 bridgehead atoms. The van der Waals surface area contributed by atoms with Gasteiger partial charge in [0.1, 0.15) is 11.6 Å². The number of aromatic nitrogens is 2. The van der Waals surface area contributed by atoms with Gasteiger partial charge in [-0.15, -0.1) is 0 Å². The first-order valence-electron chi connectivity index (χ1n) is 7.24. The van der Waals surface area contributed by atoms with E-state index in [4.69, 9.17) is 9.84 Å². The van der Waals surface area contributed by atoms with Gasteiger partial charge in [0, 0.05) is 31.4 Å². The number of aryl methyl sites for hydroxylation is 1. The zero-order valence-corrected chi connectivity index (χ0v) is 12.3. The number of hydrogen-bond donors (Lipinski definition) is 2. The van der Waals surface area contributed by atoms with Gasteiger partial charge in [0.15, 0.2) is 0 Å². The number of ether oxygens (including phenoxy) is 1. The molecule has 1 aliphatic rings. The van der Waals surface area contributed by atoms with E-state index in [-0.39, 0.29) is 12.7 Å². The molecular formula is C14H24N4O2. The van der Waals surface area contributed by atoms with Gasteiger partial charge >= 0.3 is 0 Å². The predicted molar refractivity (Wildman–Crippen MR) is 77.7 cm³/mol. The molecule has 1 aliphatic heterocycles. The molecule has 1 saturated heterocycles. The van der Waals surface area contributed by atoms with E-state index in [1.54, 1.807) is 0 Å². The highest BCUT2D eigenvalue weighted by atomic mass is 16.5. The van der Waals surface area contributed by atoms with Crippen LogP contribution in [0.25, 0.3) is 0 Å². The van der Waals surface area contributed by atoms with E-state index in [9.17, 15) is 0 Å². The smallest absolute Gasteiger partial charge is 0.144 e. The average Bonchev–Trinajstić information content (AvgIpc) is 2.44. The highest BCUT2D eigenvalue weighted by Crippen LogP contribution is 2.11. The van der Waals surface area contributed by atoms with Gasteiger partial charge < -0.3 is 15.2 Å². The minimum Gasteiger partial charge on any atom is -0.394 e. The summed E-state index contributed by atoms with van der Waals surface area (Å²) >= 11 is 0. The molecule has 1 fully saturated rings. The molecule has 2 rings (SSSR count). The Morgan fingerprint density at radius 3 is 3.10 bits per heavy atom. The van der Waals surface area contributed by atoms with E-state index in [1.807, 2.05) is 13.0 Å². The molecule has 2 N–H and O–H groups in total. The third kappa shape index (κ3) is 4.40. The Labute approximate surface area is 120 Å². The van der Waals surface area contributed by atoms with Crippen LogP contribution in [0.4, 0.5) is 5.82 Å². The van der Waals surface area contributed by atoms with Crippen LogP contribution in [0.5, 0.6) is 0 Å². The molecule has 0 aliphatic carbocycles. The number of anilines is 1. The second-order valence-corrected chi connectivity index (χ2v) is 5.15. The summed E-state index contributed by atoms with van der Waals surface area (Å²) in [5.74, 6) is 1.71. The van der Waals surface area contributed by atoms with E-state index < -0.39 is 0 Å². The van der Waals surface area contributed by atoms with Crippen molar-refractivity contribution in [2.45, 2.75) is 32.9 Å². The number of aliphatic hydroxyl groups is 1. The Morgan fingerprint density at radius 2 is 2.35 bits per heavy atom. The van der Waals surface area contributed by atoms with Crippen molar-refractivity contribution in [1.29, 1.82) is 0 Å². The fourth-order valence-electron chi connectivity index (χ4n) is 2.28. The van der Waals surface area contributed by atoms with Crippen molar-refractivity contribution >= 4 is 5.82 Å². The van der Waals surface area contributed by atoms with Crippen LogP contribution in [-0.4, -0.2) is 58.9 Å². The van der Waals surface area contributed by atoms with Gasteiger partial charge in [0.2, 0.25) is 0 Å². The third-order valence-corrected chi connectivity index (χ3v) is 3.25. The van der Waals surface area contributed by atoms with Crippen molar-refractivity contribution < 1.29 is 9.84 Å². The lowest BCUT2D eigenvalue weighted by molar-refractivity contribution is -0.0556.